The number of hydrogen-bond donors (Lipinski definition) is 3. The van der Waals surface area contributed by atoms with Gasteiger partial charge >= 0.3 is 5.97 Å². The SMILES string of the molecule is CC[C@@H](CC(=O)N1CC(NOc2ccccc2)=NCC(Cc2cc(Cl)ccc2OC)C1=O)c1ccc(C(=O)O)c(N)c1. The number of aliphatic imine (C=N–C) groups is 1. The number of hydrogen-bond acceptors (Lipinski definition) is 8. The number of nitrogens with zero attached hydrogens (tertiary/aromatic N) is 2. The lowest BCUT2D eigenvalue weighted by atomic mass is 9.91. The first-order valence-electron chi connectivity index (χ1n) is 13.5. The zero-order chi connectivity index (χ0) is 30.2. The molecule has 3 aromatic rings. The molecular weight excluding hydrogens is 560 g/mol. The molecule has 0 saturated carbocycles. The van der Waals surface area contributed by atoms with Crippen molar-refractivity contribution in [2.45, 2.75) is 32.1 Å². The fourth-order valence-electron chi connectivity index (χ4n) is 4.85. The van der Waals surface area contributed by atoms with E-state index in [4.69, 9.17) is 26.9 Å². The van der Waals surface area contributed by atoms with Crippen molar-refractivity contribution < 1.29 is 29.1 Å². The van der Waals surface area contributed by atoms with Gasteiger partial charge in [0.2, 0.25) is 11.8 Å². The van der Waals surface area contributed by atoms with Crippen molar-refractivity contribution in [3.05, 3.63) is 88.4 Å². The largest absolute Gasteiger partial charge is 0.496 e. The van der Waals surface area contributed by atoms with Gasteiger partial charge in [0.05, 0.1) is 31.7 Å². The molecule has 4 rings (SSSR count). The number of imide groups is 1. The maximum atomic E-state index is 13.9. The highest BCUT2D eigenvalue weighted by molar-refractivity contribution is 6.30. The summed E-state index contributed by atoms with van der Waals surface area (Å²) in [6.45, 7) is 1.92. The Labute approximate surface area is 249 Å². The van der Waals surface area contributed by atoms with Crippen molar-refractivity contribution in [1.82, 2.24) is 10.4 Å². The van der Waals surface area contributed by atoms with Gasteiger partial charge in [-0.2, -0.15) is 0 Å². The number of carboxylic acids is 1. The maximum Gasteiger partial charge on any atom is 0.337 e. The zero-order valence-electron chi connectivity index (χ0n) is 23.4. The third kappa shape index (κ3) is 7.38. The van der Waals surface area contributed by atoms with E-state index in [1.165, 1.54) is 11.0 Å². The van der Waals surface area contributed by atoms with Gasteiger partial charge in [-0.25, -0.2) is 10.3 Å². The molecule has 0 fully saturated rings. The summed E-state index contributed by atoms with van der Waals surface area (Å²) in [5.41, 5.74) is 10.3. The van der Waals surface area contributed by atoms with Crippen LogP contribution in [0.3, 0.4) is 0 Å². The van der Waals surface area contributed by atoms with Crippen LogP contribution in [0, 0.1) is 5.92 Å². The number of nitrogen functional groups attached to an aromatic ring is 1. The average molecular weight is 593 g/mol. The second kappa shape index (κ2) is 13.9. The molecule has 1 aliphatic rings. The van der Waals surface area contributed by atoms with Gasteiger partial charge in [-0.05, 0) is 72.4 Å². The summed E-state index contributed by atoms with van der Waals surface area (Å²) >= 11 is 6.23. The van der Waals surface area contributed by atoms with Gasteiger partial charge < -0.3 is 20.4 Å². The number of hydroxylamine groups is 1. The summed E-state index contributed by atoms with van der Waals surface area (Å²) in [6, 6.07) is 18.9. The third-order valence-corrected chi connectivity index (χ3v) is 7.39. The van der Waals surface area contributed by atoms with E-state index in [0.717, 1.165) is 11.1 Å². The fourth-order valence-corrected chi connectivity index (χ4v) is 5.05. The third-order valence-electron chi connectivity index (χ3n) is 7.16. The molecule has 1 aliphatic heterocycles. The first-order valence-corrected chi connectivity index (χ1v) is 13.9. The molecule has 42 heavy (non-hydrogen) atoms. The standard InChI is InChI=1S/C31H33ClN4O6/c1-3-19(20-9-11-25(31(39)40)26(33)15-20)16-29(37)36-18-28(35-42-24-7-5-4-6-8-24)34-17-22(30(36)38)13-21-14-23(32)10-12-27(21)41-2/h4-12,14-15,19,22H,3,13,16-18,33H2,1-2H3,(H,34,35)(H,39,40)/t19-,22?/m0/s1. The Morgan fingerprint density at radius 1 is 1.17 bits per heavy atom. The Bertz CT molecular complexity index is 1480. The first kappa shape index (κ1) is 30.4. The highest BCUT2D eigenvalue weighted by atomic mass is 35.5. The minimum absolute atomic E-state index is 0.00717. The van der Waals surface area contributed by atoms with E-state index < -0.39 is 17.8 Å². The summed E-state index contributed by atoms with van der Waals surface area (Å²) in [6.07, 6.45) is 0.834. The molecule has 0 bridgehead atoms. The van der Waals surface area contributed by atoms with Crippen LogP contribution in [0.2, 0.25) is 5.02 Å². The molecule has 220 valence electrons. The number of ether oxygens (including phenoxy) is 1. The van der Waals surface area contributed by atoms with Crippen molar-refractivity contribution >= 4 is 40.9 Å². The lowest BCUT2D eigenvalue weighted by Gasteiger charge is -2.25. The van der Waals surface area contributed by atoms with E-state index in [0.29, 0.717) is 28.8 Å². The number of amides is 2. The number of aromatic carboxylic acids is 1. The number of nitrogens with two attached hydrogens (primary N) is 1. The van der Waals surface area contributed by atoms with Gasteiger partial charge in [-0.3, -0.25) is 19.5 Å². The van der Waals surface area contributed by atoms with Gasteiger partial charge in [-0.1, -0.05) is 42.8 Å². The molecule has 0 saturated heterocycles. The molecule has 2 atom stereocenters. The number of para-hydroxylation sites is 1. The number of rotatable bonds is 10. The molecule has 1 heterocycles. The normalized spacial score (nSPS) is 15.8. The van der Waals surface area contributed by atoms with Gasteiger partial charge in [0.1, 0.15) is 5.75 Å². The number of nitrogens with one attached hydrogen (secondary N) is 1. The van der Waals surface area contributed by atoms with E-state index in [-0.39, 0.29) is 49.0 Å². The zero-order valence-corrected chi connectivity index (χ0v) is 24.1. The van der Waals surface area contributed by atoms with Gasteiger partial charge in [0.25, 0.3) is 0 Å². The molecule has 4 N–H and O–H groups in total. The topological polar surface area (TPSA) is 144 Å². The molecule has 1 unspecified atom stereocenters. The quantitative estimate of drug-likeness (QED) is 0.227. The summed E-state index contributed by atoms with van der Waals surface area (Å²) < 4.78 is 5.47. The summed E-state index contributed by atoms with van der Waals surface area (Å²) in [5, 5.41) is 9.82. The number of anilines is 1. The molecule has 2 amide bonds. The highest BCUT2D eigenvalue weighted by Crippen LogP contribution is 2.30. The number of carboxylic acid groups (broad SMARTS) is 1. The predicted octanol–water partition coefficient (Wildman–Crippen LogP) is 4.72. The number of benzene rings is 3. The van der Waals surface area contributed by atoms with Crippen molar-refractivity contribution in [1.29, 1.82) is 0 Å². The van der Waals surface area contributed by atoms with E-state index >= 15 is 0 Å². The van der Waals surface area contributed by atoms with Crippen LogP contribution in [-0.2, 0) is 16.0 Å². The van der Waals surface area contributed by atoms with E-state index in [2.05, 4.69) is 10.5 Å². The van der Waals surface area contributed by atoms with Crippen LogP contribution in [0.4, 0.5) is 5.69 Å². The molecule has 0 spiro atoms. The van der Waals surface area contributed by atoms with Crippen molar-refractivity contribution in [2.24, 2.45) is 10.9 Å². The Balaban J connectivity index is 1.59. The minimum atomic E-state index is -1.13. The van der Waals surface area contributed by atoms with Crippen LogP contribution in [0.1, 0.15) is 47.2 Å². The molecule has 0 aromatic heterocycles. The Hall–Kier alpha value is -4.57. The van der Waals surface area contributed by atoms with Gasteiger partial charge in [-0.15, -0.1) is 0 Å². The number of methoxy groups -OCH3 is 1. The summed E-state index contributed by atoms with van der Waals surface area (Å²) in [5.74, 6) is -1.41. The van der Waals surface area contributed by atoms with Crippen molar-refractivity contribution in [2.75, 3.05) is 25.9 Å². The Morgan fingerprint density at radius 2 is 1.93 bits per heavy atom. The number of amidine groups is 1. The van der Waals surface area contributed by atoms with Crippen LogP contribution in [0.25, 0.3) is 0 Å². The Morgan fingerprint density at radius 3 is 2.60 bits per heavy atom. The number of halogens is 1. The smallest absolute Gasteiger partial charge is 0.337 e. The van der Waals surface area contributed by atoms with Crippen molar-refractivity contribution in [3.63, 3.8) is 0 Å². The molecule has 11 heteroatoms. The minimum Gasteiger partial charge on any atom is -0.496 e. The van der Waals surface area contributed by atoms with Crippen LogP contribution in [0.15, 0.2) is 71.7 Å². The summed E-state index contributed by atoms with van der Waals surface area (Å²) in [7, 11) is 1.54. The van der Waals surface area contributed by atoms with Crippen LogP contribution in [-0.4, -0.2) is 53.8 Å². The lowest BCUT2D eigenvalue weighted by Crippen LogP contribution is -2.46. The summed E-state index contributed by atoms with van der Waals surface area (Å²) in [4.78, 5) is 50.5. The van der Waals surface area contributed by atoms with Gasteiger partial charge in [0.15, 0.2) is 11.6 Å². The highest BCUT2D eigenvalue weighted by Gasteiger charge is 2.34. The van der Waals surface area contributed by atoms with Crippen LogP contribution >= 0.6 is 11.6 Å². The monoisotopic (exact) mass is 592 g/mol. The van der Waals surface area contributed by atoms with E-state index in [1.54, 1.807) is 49.6 Å². The van der Waals surface area contributed by atoms with E-state index in [9.17, 15) is 19.5 Å². The fraction of sp³-hybridized carbons (Fsp3) is 0.290. The molecule has 0 radical (unpaired) electrons. The second-order valence-electron chi connectivity index (χ2n) is 9.94. The second-order valence-corrected chi connectivity index (χ2v) is 10.4. The van der Waals surface area contributed by atoms with Gasteiger partial charge in [0, 0.05) is 17.1 Å². The van der Waals surface area contributed by atoms with Crippen molar-refractivity contribution in [3.8, 4) is 11.5 Å². The Kier molecular flexibility index (Phi) is 10.0. The van der Waals surface area contributed by atoms with E-state index in [1.807, 2.05) is 25.1 Å². The molecule has 10 nitrogen and oxygen atoms in total. The molecule has 0 aliphatic carbocycles. The van der Waals surface area contributed by atoms with Crippen LogP contribution in [0.5, 0.6) is 11.5 Å². The molecular formula is C31H33ClN4O6. The average Bonchev–Trinajstić information content (AvgIpc) is 3.13. The number of carbonyl (C=O) groups excluding carboxylic acids is 2. The maximum absolute atomic E-state index is 13.9. The lowest BCUT2D eigenvalue weighted by molar-refractivity contribution is -0.146. The van der Waals surface area contributed by atoms with Crippen LogP contribution < -0.4 is 20.8 Å². The first-order chi connectivity index (χ1) is 20.2. The number of carbonyl (C=O) groups is 3. The predicted molar refractivity (Wildman–Crippen MR) is 160 cm³/mol. The molecule has 3 aromatic carbocycles.